The number of rotatable bonds is 6. The fourth-order valence-electron chi connectivity index (χ4n) is 1.87. The molecule has 0 atom stereocenters. The van der Waals surface area contributed by atoms with Gasteiger partial charge in [0.05, 0.1) is 10.2 Å². The number of hydrogen-bond acceptors (Lipinski definition) is 3. The molecule has 0 aliphatic rings. The van der Waals surface area contributed by atoms with Crippen molar-refractivity contribution in [3.8, 4) is 5.69 Å². The maximum atomic E-state index is 13.3. The lowest BCUT2D eigenvalue weighted by Crippen LogP contribution is -2.09. The molecule has 0 unspecified atom stereocenters. The van der Waals surface area contributed by atoms with Gasteiger partial charge in [-0.3, -0.25) is 4.57 Å². The van der Waals surface area contributed by atoms with Gasteiger partial charge >= 0.3 is 0 Å². The Bertz CT molecular complexity index is 586. The van der Waals surface area contributed by atoms with E-state index in [0.717, 1.165) is 30.3 Å². The zero-order valence-electron chi connectivity index (χ0n) is 11.5. The second-order valence-corrected chi connectivity index (χ2v) is 5.30. The van der Waals surface area contributed by atoms with E-state index in [4.69, 9.17) is 4.74 Å². The molecule has 108 valence electrons. The van der Waals surface area contributed by atoms with Gasteiger partial charge in [-0.2, -0.15) is 0 Å². The lowest BCUT2D eigenvalue weighted by Gasteiger charge is -2.10. The highest BCUT2D eigenvalue weighted by atomic mass is 79.9. The minimum absolute atomic E-state index is 0.278. The molecule has 2 rings (SSSR count). The average molecular weight is 342 g/mol. The minimum atomic E-state index is -0.278. The van der Waals surface area contributed by atoms with Crippen molar-refractivity contribution in [2.45, 2.75) is 13.3 Å². The van der Waals surface area contributed by atoms with Crippen LogP contribution in [0.25, 0.3) is 5.69 Å². The Morgan fingerprint density at radius 3 is 2.95 bits per heavy atom. The van der Waals surface area contributed by atoms with Crippen molar-refractivity contribution in [3.05, 3.63) is 40.4 Å². The number of hydrogen-bond donors (Lipinski definition) is 1. The zero-order chi connectivity index (χ0) is 14.5. The van der Waals surface area contributed by atoms with Gasteiger partial charge < -0.3 is 10.1 Å². The summed E-state index contributed by atoms with van der Waals surface area (Å²) in [4.78, 5) is 4.44. The van der Waals surface area contributed by atoms with Crippen LogP contribution >= 0.6 is 15.9 Å². The summed E-state index contributed by atoms with van der Waals surface area (Å²) in [5.74, 6) is 0.470. The summed E-state index contributed by atoms with van der Waals surface area (Å²) in [5.41, 5.74) is 1.76. The Balaban J connectivity index is 2.20. The number of ether oxygens (including phenoxy) is 1. The standard InChI is InChI=1S/C14H17BrFN3O/c1-10-9-19(11-4-5-13(16)12(15)8-11)14(18-10)17-6-3-7-20-2/h4-5,8-9H,3,6-7H2,1-2H3,(H,17,18). The van der Waals surface area contributed by atoms with E-state index in [9.17, 15) is 4.39 Å². The maximum absolute atomic E-state index is 13.3. The van der Waals surface area contributed by atoms with Crippen molar-refractivity contribution in [2.75, 3.05) is 25.6 Å². The van der Waals surface area contributed by atoms with Gasteiger partial charge in [0.25, 0.3) is 0 Å². The Morgan fingerprint density at radius 1 is 1.45 bits per heavy atom. The van der Waals surface area contributed by atoms with E-state index >= 15 is 0 Å². The first-order valence-electron chi connectivity index (χ1n) is 6.36. The van der Waals surface area contributed by atoms with Crippen molar-refractivity contribution in [1.29, 1.82) is 0 Å². The van der Waals surface area contributed by atoms with Crippen LogP contribution in [0.5, 0.6) is 0 Å². The maximum Gasteiger partial charge on any atom is 0.207 e. The molecule has 0 radical (unpaired) electrons. The number of aryl methyl sites for hydroxylation is 1. The highest BCUT2D eigenvalue weighted by Crippen LogP contribution is 2.22. The predicted molar refractivity (Wildman–Crippen MR) is 80.9 cm³/mol. The van der Waals surface area contributed by atoms with Crippen LogP contribution in [0, 0.1) is 12.7 Å². The van der Waals surface area contributed by atoms with Crippen molar-refractivity contribution in [3.63, 3.8) is 0 Å². The summed E-state index contributed by atoms with van der Waals surface area (Å²) in [6.45, 7) is 3.40. The number of nitrogens with one attached hydrogen (secondary N) is 1. The third-order valence-corrected chi connectivity index (χ3v) is 3.42. The number of halogens is 2. The van der Waals surface area contributed by atoms with Crippen LogP contribution in [0.2, 0.25) is 0 Å². The molecule has 1 aromatic heterocycles. The third-order valence-electron chi connectivity index (χ3n) is 2.82. The minimum Gasteiger partial charge on any atom is -0.385 e. The number of methoxy groups -OCH3 is 1. The molecule has 2 aromatic rings. The molecule has 0 amide bonds. The average Bonchev–Trinajstić information content (AvgIpc) is 2.79. The zero-order valence-corrected chi connectivity index (χ0v) is 13.1. The molecule has 0 aliphatic carbocycles. The molecule has 20 heavy (non-hydrogen) atoms. The van der Waals surface area contributed by atoms with E-state index in [1.54, 1.807) is 19.2 Å². The first kappa shape index (κ1) is 15.0. The Labute approximate surface area is 126 Å². The van der Waals surface area contributed by atoms with E-state index in [1.807, 2.05) is 17.7 Å². The van der Waals surface area contributed by atoms with Crippen LogP contribution in [0.3, 0.4) is 0 Å². The molecule has 0 fully saturated rings. The van der Waals surface area contributed by atoms with E-state index in [1.165, 1.54) is 6.07 Å². The van der Waals surface area contributed by atoms with Crippen LogP contribution in [0.15, 0.2) is 28.9 Å². The van der Waals surface area contributed by atoms with E-state index < -0.39 is 0 Å². The number of nitrogens with zero attached hydrogens (tertiary/aromatic N) is 2. The molecule has 1 heterocycles. The first-order chi connectivity index (χ1) is 9.61. The number of aromatic nitrogens is 2. The van der Waals surface area contributed by atoms with Crippen LogP contribution in [-0.4, -0.2) is 29.8 Å². The highest BCUT2D eigenvalue weighted by molar-refractivity contribution is 9.10. The van der Waals surface area contributed by atoms with Crippen molar-refractivity contribution in [1.82, 2.24) is 9.55 Å². The molecular formula is C14H17BrFN3O. The Kier molecular flexibility index (Phi) is 5.14. The normalized spacial score (nSPS) is 10.8. The fraction of sp³-hybridized carbons (Fsp3) is 0.357. The van der Waals surface area contributed by atoms with Crippen LogP contribution in [0.1, 0.15) is 12.1 Å². The van der Waals surface area contributed by atoms with Gasteiger partial charge in [-0.1, -0.05) is 0 Å². The van der Waals surface area contributed by atoms with Crippen LogP contribution in [0.4, 0.5) is 10.3 Å². The lowest BCUT2D eigenvalue weighted by atomic mass is 10.3. The van der Waals surface area contributed by atoms with Gasteiger partial charge in [0.15, 0.2) is 0 Å². The second kappa shape index (κ2) is 6.85. The molecule has 1 N–H and O–H groups in total. The molecule has 1 aromatic carbocycles. The summed E-state index contributed by atoms with van der Waals surface area (Å²) < 4.78 is 20.7. The summed E-state index contributed by atoms with van der Waals surface area (Å²) in [7, 11) is 1.68. The van der Waals surface area contributed by atoms with E-state index in [0.29, 0.717) is 11.1 Å². The third kappa shape index (κ3) is 3.58. The topological polar surface area (TPSA) is 39.1 Å². The molecule has 0 aliphatic heterocycles. The molecule has 0 saturated carbocycles. The molecule has 0 spiro atoms. The van der Waals surface area contributed by atoms with Crippen LogP contribution in [-0.2, 0) is 4.74 Å². The van der Waals surface area contributed by atoms with Gasteiger partial charge in [-0.15, -0.1) is 0 Å². The van der Waals surface area contributed by atoms with Crippen molar-refractivity contribution < 1.29 is 9.13 Å². The summed E-state index contributed by atoms with van der Waals surface area (Å²) in [6.07, 6.45) is 2.81. The summed E-state index contributed by atoms with van der Waals surface area (Å²) in [6, 6.07) is 4.89. The summed E-state index contributed by atoms with van der Waals surface area (Å²) >= 11 is 3.20. The number of anilines is 1. The smallest absolute Gasteiger partial charge is 0.207 e. The monoisotopic (exact) mass is 341 g/mol. The Morgan fingerprint density at radius 2 is 2.25 bits per heavy atom. The van der Waals surface area contributed by atoms with Gasteiger partial charge in [-0.25, -0.2) is 9.37 Å². The van der Waals surface area contributed by atoms with Gasteiger partial charge in [-0.05, 0) is 47.5 Å². The first-order valence-corrected chi connectivity index (χ1v) is 7.15. The SMILES string of the molecule is COCCCNc1nc(C)cn1-c1ccc(F)c(Br)c1. The van der Waals surface area contributed by atoms with Gasteiger partial charge in [0.2, 0.25) is 5.95 Å². The molecular weight excluding hydrogens is 325 g/mol. The number of benzene rings is 1. The quantitative estimate of drug-likeness (QED) is 0.817. The molecule has 0 saturated heterocycles. The highest BCUT2D eigenvalue weighted by Gasteiger charge is 2.09. The van der Waals surface area contributed by atoms with E-state index in [-0.39, 0.29) is 5.82 Å². The van der Waals surface area contributed by atoms with Crippen molar-refractivity contribution >= 4 is 21.9 Å². The predicted octanol–water partition coefficient (Wildman–Crippen LogP) is 3.53. The lowest BCUT2D eigenvalue weighted by molar-refractivity contribution is 0.197. The van der Waals surface area contributed by atoms with Crippen molar-refractivity contribution in [2.24, 2.45) is 0 Å². The second-order valence-electron chi connectivity index (χ2n) is 4.45. The summed E-state index contributed by atoms with van der Waals surface area (Å²) in [5, 5.41) is 3.26. The largest absolute Gasteiger partial charge is 0.385 e. The molecule has 4 nitrogen and oxygen atoms in total. The Hall–Kier alpha value is -1.40. The fourth-order valence-corrected chi connectivity index (χ4v) is 2.24. The van der Waals surface area contributed by atoms with Gasteiger partial charge in [0.1, 0.15) is 5.82 Å². The number of imidazole rings is 1. The molecule has 6 heteroatoms. The van der Waals surface area contributed by atoms with Crippen LogP contribution < -0.4 is 5.32 Å². The molecule has 0 bridgehead atoms. The van der Waals surface area contributed by atoms with Gasteiger partial charge in [0, 0.05) is 32.1 Å². The van der Waals surface area contributed by atoms with E-state index in [2.05, 4.69) is 26.2 Å².